The van der Waals surface area contributed by atoms with E-state index in [1.807, 2.05) is 0 Å². The van der Waals surface area contributed by atoms with Gasteiger partial charge in [0, 0.05) is 12.7 Å². The van der Waals surface area contributed by atoms with Crippen LogP contribution < -0.4 is 10.1 Å². The molecule has 126 valence electrons. The Balaban J connectivity index is 2.09. The smallest absolute Gasteiger partial charge is 0.341 e. The zero-order chi connectivity index (χ0) is 17.0. The van der Waals surface area contributed by atoms with Gasteiger partial charge in [0.15, 0.2) is 6.61 Å². The molecule has 6 nitrogen and oxygen atoms in total. The van der Waals surface area contributed by atoms with Gasteiger partial charge in [0.1, 0.15) is 5.75 Å². The number of methoxy groups -OCH3 is 1. The van der Waals surface area contributed by atoms with Crippen molar-refractivity contribution in [3.05, 3.63) is 28.8 Å². The highest BCUT2D eigenvalue weighted by molar-refractivity contribution is 5.95. The summed E-state index contributed by atoms with van der Waals surface area (Å²) in [6.45, 7) is 3.71. The Morgan fingerprint density at radius 2 is 1.91 bits per heavy atom. The molecular weight excluding hydrogens is 298 g/mol. The van der Waals surface area contributed by atoms with E-state index in [4.69, 9.17) is 14.6 Å². The highest BCUT2D eigenvalue weighted by Crippen LogP contribution is 2.33. The molecule has 0 saturated heterocycles. The molecule has 1 fully saturated rings. The Kier molecular flexibility index (Phi) is 5.60. The fourth-order valence-corrected chi connectivity index (χ4v) is 2.67. The van der Waals surface area contributed by atoms with Gasteiger partial charge >= 0.3 is 5.97 Å². The lowest BCUT2D eigenvalue weighted by Crippen LogP contribution is -2.39. The largest absolute Gasteiger partial charge is 0.481 e. The quantitative estimate of drug-likeness (QED) is 0.764. The van der Waals surface area contributed by atoms with E-state index in [2.05, 4.69) is 5.32 Å². The summed E-state index contributed by atoms with van der Waals surface area (Å²) in [5, 5.41) is 11.7. The van der Waals surface area contributed by atoms with Crippen LogP contribution in [0.25, 0.3) is 0 Å². The molecule has 1 aromatic rings. The lowest BCUT2D eigenvalue weighted by Gasteiger charge is -2.18. The number of aryl methyl sites for hydroxylation is 2. The van der Waals surface area contributed by atoms with Crippen molar-refractivity contribution in [1.82, 2.24) is 5.32 Å². The number of aliphatic carboxylic acids is 1. The van der Waals surface area contributed by atoms with E-state index in [0.29, 0.717) is 23.8 Å². The Hall–Kier alpha value is -2.08. The van der Waals surface area contributed by atoms with Crippen LogP contribution >= 0.6 is 0 Å². The molecule has 0 aromatic heterocycles. The molecule has 1 unspecified atom stereocenters. The predicted octanol–water partition coefficient (Wildman–Crippen LogP) is 1.92. The summed E-state index contributed by atoms with van der Waals surface area (Å²) in [5.74, 6) is -0.161. The van der Waals surface area contributed by atoms with E-state index < -0.39 is 12.6 Å². The first-order valence-electron chi connectivity index (χ1n) is 7.68. The first-order chi connectivity index (χ1) is 10.9. The summed E-state index contributed by atoms with van der Waals surface area (Å²) in [7, 11) is 1.63. The van der Waals surface area contributed by atoms with Crippen molar-refractivity contribution < 1.29 is 24.2 Å². The number of hydrogen-bond donors (Lipinski definition) is 2. The number of carboxylic acids is 1. The number of benzene rings is 1. The maximum absolute atomic E-state index is 12.4. The van der Waals surface area contributed by atoms with Crippen molar-refractivity contribution in [3.63, 3.8) is 0 Å². The van der Waals surface area contributed by atoms with Gasteiger partial charge in [-0.2, -0.15) is 0 Å². The normalized spacial score (nSPS) is 15.1. The molecule has 2 N–H and O–H groups in total. The lowest BCUT2D eigenvalue weighted by atomic mass is 10.0. The second-order valence-electron chi connectivity index (χ2n) is 5.99. The minimum atomic E-state index is -1.03. The first kappa shape index (κ1) is 17.3. The zero-order valence-corrected chi connectivity index (χ0v) is 13.7. The van der Waals surface area contributed by atoms with Crippen LogP contribution in [0.15, 0.2) is 12.1 Å². The summed E-state index contributed by atoms with van der Waals surface area (Å²) in [4.78, 5) is 23.1. The number of nitrogens with one attached hydrogen (secondary N) is 1. The summed E-state index contributed by atoms with van der Waals surface area (Å²) < 4.78 is 10.5. The standard InChI is InChI=1S/C17H23NO5/c1-10-6-13(7-11(2)16(10)23-9-15(19)20)17(21)18-14(8-22-3)12-4-5-12/h6-7,12,14H,4-5,8-9H2,1-3H3,(H,18,21)(H,19,20). The van der Waals surface area contributed by atoms with Gasteiger partial charge in [-0.25, -0.2) is 4.79 Å². The van der Waals surface area contributed by atoms with E-state index in [-0.39, 0.29) is 11.9 Å². The van der Waals surface area contributed by atoms with Crippen molar-refractivity contribution in [2.24, 2.45) is 5.92 Å². The Morgan fingerprint density at radius 1 is 1.30 bits per heavy atom. The average Bonchev–Trinajstić information content (AvgIpc) is 3.29. The molecule has 1 atom stereocenters. The molecule has 1 aliphatic rings. The van der Waals surface area contributed by atoms with Crippen molar-refractivity contribution in [2.45, 2.75) is 32.7 Å². The second-order valence-corrected chi connectivity index (χ2v) is 5.99. The first-order valence-corrected chi connectivity index (χ1v) is 7.68. The van der Waals surface area contributed by atoms with E-state index in [0.717, 1.165) is 24.0 Å². The Bertz CT molecular complexity index is 572. The van der Waals surface area contributed by atoms with E-state index in [9.17, 15) is 9.59 Å². The highest BCUT2D eigenvalue weighted by Gasteiger charge is 2.32. The van der Waals surface area contributed by atoms with Crippen molar-refractivity contribution in [1.29, 1.82) is 0 Å². The summed E-state index contributed by atoms with van der Waals surface area (Å²) in [5.41, 5.74) is 2.03. The van der Waals surface area contributed by atoms with Crippen LogP contribution in [0.1, 0.15) is 34.3 Å². The fourth-order valence-electron chi connectivity index (χ4n) is 2.67. The number of ether oxygens (including phenoxy) is 2. The maximum atomic E-state index is 12.4. The summed E-state index contributed by atoms with van der Waals surface area (Å²) in [6, 6.07) is 3.48. The topological polar surface area (TPSA) is 84.9 Å². The van der Waals surface area contributed by atoms with E-state index in [1.165, 1.54) is 0 Å². The molecular formula is C17H23NO5. The van der Waals surface area contributed by atoms with Gasteiger partial charge in [-0.15, -0.1) is 0 Å². The molecule has 1 aliphatic carbocycles. The van der Waals surface area contributed by atoms with Gasteiger partial charge in [-0.05, 0) is 55.9 Å². The monoisotopic (exact) mass is 321 g/mol. The van der Waals surface area contributed by atoms with Crippen molar-refractivity contribution in [2.75, 3.05) is 20.3 Å². The SMILES string of the molecule is COCC(NC(=O)c1cc(C)c(OCC(=O)O)c(C)c1)C1CC1. The van der Waals surface area contributed by atoms with Crippen LogP contribution in [0.5, 0.6) is 5.75 Å². The average molecular weight is 321 g/mol. The van der Waals surface area contributed by atoms with E-state index >= 15 is 0 Å². The molecule has 0 aliphatic heterocycles. The third-order valence-corrected chi connectivity index (χ3v) is 3.92. The van der Waals surface area contributed by atoms with Crippen LogP contribution in [-0.2, 0) is 9.53 Å². The molecule has 0 heterocycles. The van der Waals surface area contributed by atoms with E-state index in [1.54, 1.807) is 33.1 Å². The Labute approximate surface area is 135 Å². The summed E-state index contributed by atoms with van der Waals surface area (Å²) in [6.07, 6.45) is 2.24. The zero-order valence-electron chi connectivity index (χ0n) is 13.7. The molecule has 0 bridgehead atoms. The van der Waals surface area contributed by atoms with Crippen molar-refractivity contribution in [3.8, 4) is 5.75 Å². The summed E-state index contributed by atoms with van der Waals surface area (Å²) >= 11 is 0. The Morgan fingerprint density at radius 3 is 2.39 bits per heavy atom. The molecule has 23 heavy (non-hydrogen) atoms. The molecule has 1 amide bonds. The minimum Gasteiger partial charge on any atom is -0.481 e. The van der Waals surface area contributed by atoms with Gasteiger partial charge in [0.05, 0.1) is 12.6 Å². The number of carboxylic acid groups (broad SMARTS) is 1. The van der Waals surface area contributed by atoms with Crippen LogP contribution in [0, 0.1) is 19.8 Å². The maximum Gasteiger partial charge on any atom is 0.341 e. The molecule has 1 aromatic carbocycles. The number of carbonyl (C=O) groups excluding carboxylic acids is 1. The van der Waals surface area contributed by atoms with Crippen LogP contribution in [0.4, 0.5) is 0 Å². The third-order valence-electron chi connectivity index (χ3n) is 3.92. The molecule has 6 heteroatoms. The van der Waals surface area contributed by atoms with Gasteiger partial charge < -0.3 is 19.9 Å². The minimum absolute atomic E-state index is 0.0380. The second kappa shape index (κ2) is 7.46. The van der Waals surface area contributed by atoms with Gasteiger partial charge in [0.2, 0.25) is 0 Å². The molecule has 1 saturated carbocycles. The number of amides is 1. The lowest BCUT2D eigenvalue weighted by molar-refractivity contribution is -0.139. The fraction of sp³-hybridized carbons (Fsp3) is 0.529. The highest BCUT2D eigenvalue weighted by atomic mass is 16.5. The molecule has 0 radical (unpaired) electrons. The van der Waals surface area contributed by atoms with Crippen LogP contribution in [0.2, 0.25) is 0 Å². The van der Waals surface area contributed by atoms with Crippen molar-refractivity contribution >= 4 is 11.9 Å². The van der Waals surface area contributed by atoms with Crippen LogP contribution in [-0.4, -0.2) is 43.3 Å². The third kappa shape index (κ3) is 4.69. The molecule has 0 spiro atoms. The number of hydrogen-bond acceptors (Lipinski definition) is 4. The number of rotatable bonds is 8. The van der Waals surface area contributed by atoms with Gasteiger partial charge in [-0.3, -0.25) is 4.79 Å². The predicted molar refractivity (Wildman–Crippen MR) is 84.9 cm³/mol. The number of carbonyl (C=O) groups is 2. The molecule has 2 rings (SSSR count). The van der Waals surface area contributed by atoms with Gasteiger partial charge in [-0.1, -0.05) is 0 Å². The van der Waals surface area contributed by atoms with Gasteiger partial charge in [0.25, 0.3) is 5.91 Å². The van der Waals surface area contributed by atoms with Crippen LogP contribution in [0.3, 0.4) is 0 Å².